The number of ether oxygens (including phenoxy) is 1. The number of amides is 1. The second kappa shape index (κ2) is 9.40. The number of aromatic nitrogens is 2. The van der Waals surface area contributed by atoms with E-state index in [1.807, 2.05) is 6.92 Å². The van der Waals surface area contributed by atoms with Crippen LogP contribution in [0.15, 0.2) is 29.4 Å². The SMILES string of the molecule is CC(NC(=O)C1CN(c2nc3c(cc2F)C(O)C(C=O)=CN3c2nccs2)C1)C1CCCCO1. The predicted octanol–water partition coefficient (Wildman–Crippen LogP) is 2.46. The molecule has 3 atom stereocenters. The van der Waals surface area contributed by atoms with Crippen LogP contribution in [0.2, 0.25) is 0 Å². The first-order valence-corrected chi connectivity index (χ1v) is 12.2. The van der Waals surface area contributed by atoms with Crippen LogP contribution in [-0.2, 0) is 14.3 Å². The van der Waals surface area contributed by atoms with Crippen molar-refractivity contribution in [1.29, 1.82) is 0 Å². The van der Waals surface area contributed by atoms with E-state index in [1.54, 1.807) is 21.4 Å². The number of nitrogens with one attached hydrogen (secondary N) is 1. The molecule has 1 amide bonds. The number of nitrogens with zero attached hydrogens (tertiary/aromatic N) is 4. The molecule has 11 heteroatoms. The number of halogens is 1. The monoisotopic (exact) mass is 487 g/mol. The van der Waals surface area contributed by atoms with Gasteiger partial charge >= 0.3 is 0 Å². The van der Waals surface area contributed by atoms with Crippen LogP contribution < -0.4 is 15.1 Å². The third kappa shape index (κ3) is 4.19. The summed E-state index contributed by atoms with van der Waals surface area (Å²) in [6.45, 7) is 3.35. The lowest BCUT2D eigenvalue weighted by Crippen LogP contribution is -2.57. The van der Waals surface area contributed by atoms with E-state index in [0.717, 1.165) is 25.9 Å². The van der Waals surface area contributed by atoms with Crippen molar-refractivity contribution in [2.24, 2.45) is 5.92 Å². The highest BCUT2D eigenvalue weighted by Crippen LogP contribution is 2.41. The minimum atomic E-state index is -1.28. The Kier molecular flexibility index (Phi) is 6.32. The maximum Gasteiger partial charge on any atom is 0.226 e. The fourth-order valence-electron chi connectivity index (χ4n) is 4.55. The van der Waals surface area contributed by atoms with Crippen LogP contribution in [0.5, 0.6) is 0 Å². The van der Waals surface area contributed by atoms with E-state index in [1.165, 1.54) is 23.6 Å². The van der Waals surface area contributed by atoms with Crippen molar-refractivity contribution in [1.82, 2.24) is 15.3 Å². The molecule has 180 valence electrons. The van der Waals surface area contributed by atoms with Gasteiger partial charge in [-0.3, -0.25) is 14.5 Å². The van der Waals surface area contributed by atoms with E-state index in [2.05, 4.69) is 15.3 Å². The van der Waals surface area contributed by atoms with E-state index in [0.29, 0.717) is 30.3 Å². The number of thiazole rings is 1. The van der Waals surface area contributed by atoms with Gasteiger partial charge in [-0.15, -0.1) is 11.3 Å². The molecule has 0 spiro atoms. The Balaban J connectivity index is 1.31. The average Bonchev–Trinajstić information content (AvgIpc) is 3.34. The zero-order chi connectivity index (χ0) is 23.8. The van der Waals surface area contributed by atoms with Crippen LogP contribution in [0.4, 0.5) is 21.2 Å². The Bertz CT molecular complexity index is 1100. The molecule has 5 rings (SSSR count). The molecule has 2 aromatic heterocycles. The first-order chi connectivity index (χ1) is 16.5. The van der Waals surface area contributed by atoms with Gasteiger partial charge in [0.05, 0.1) is 18.1 Å². The van der Waals surface area contributed by atoms with Crippen LogP contribution in [-0.4, -0.2) is 59.1 Å². The number of fused-ring (bicyclic) bond motifs is 1. The molecular weight excluding hydrogens is 461 g/mol. The summed E-state index contributed by atoms with van der Waals surface area (Å²) in [7, 11) is 0. The summed E-state index contributed by atoms with van der Waals surface area (Å²) < 4.78 is 20.8. The smallest absolute Gasteiger partial charge is 0.226 e. The first-order valence-electron chi connectivity index (χ1n) is 11.4. The minimum absolute atomic E-state index is 0.0289. The Hall–Kier alpha value is -2.89. The van der Waals surface area contributed by atoms with Crippen molar-refractivity contribution < 1.29 is 23.8 Å². The number of aliphatic hydroxyl groups excluding tert-OH is 1. The van der Waals surface area contributed by atoms with Crippen molar-refractivity contribution in [3.05, 3.63) is 40.8 Å². The quantitative estimate of drug-likeness (QED) is 0.599. The highest BCUT2D eigenvalue weighted by atomic mass is 32.1. The van der Waals surface area contributed by atoms with Crippen molar-refractivity contribution in [3.63, 3.8) is 0 Å². The topological polar surface area (TPSA) is 108 Å². The fraction of sp³-hybridized carbons (Fsp3) is 0.478. The van der Waals surface area contributed by atoms with Gasteiger partial charge in [-0.2, -0.15) is 0 Å². The maximum absolute atomic E-state index is 15.0. The Morgan fingerprint density at radius 1 is 1.38 bits per heavy atom. The fourth-order valence-corrected chi connectivity index (χ4v) is 5.17. The first kappa shape index (κ1) is 22.9. The minimum Gasteiger partial charge on any atom is -0.383 e. The van der Waals surface area contributed by atoms with Crippen molar-refractivity contribution >= 4 is 40.3 Å². The lowest BCUT2D eigenvalue weighted by molar-refractivity contribution is -0.128. The van der Waals surface area contributed by atoms with Crippen LogP contribution in [0.3, 0.4) is 0 Å². The Labute approximate surface area is 200 Å². The van der Waals surface area contributed by atoms with Crippen molar-refractivity contribution in [3.8, 4) is 0 Å². The number of aldehydes is 1. The largest absolute Gasteiger partial charge is 0.383 e. The third-order valence-corrected chi connectivity index (χ3v) is 7.31. The van der Waals surface area contributed by atoms with Gasteiger partial charge in [0, 0.05) is 48.6 Å². The molecule has 2 fully saturated rings. The van der Waals surface area contributed by atoms with Gasteiger partial charge < -0.3 is 20.1 Å². The number of pyridine rings is 1. The van der Waals surface area contributed by atoms with Crippen molar-refractivity contribution in [2.45, 2.75) is 44.4 Å². The molecule has 3 unspecified atom stereocenters. The summed E-state index contributed by atoms with van der Waals surface area (Å²) in [5.74, 6) is -0.560. The molecular formula is C23H26FN5O4S. The average molecular weight is 488 g/mol. The van der Waals surface area contributed by atoms with Crippen molar-refractivity contribution in [2.75, 3.05) is 29.5 Å². The van der Waals surface area contributed by atoms with E-state index in [9.17, 15) is 14.7 Å². The van der Waals surface area contributed by atoms with Crippen LogP contribution in [0.25, 0.3) is 0 Å². The molecule has 0 aliphatic carbocycles. The zero-order valence-electron chi connectivity index (χ0n) is 18.7. The van der Waals surface area contributed by atoms with Crippen LogP contribution in [0, 0.1) is 11.7 Å². The lowest BCUT2D eigenvalue weighted by Gasteiger charge is -2.41. The second-order valence-corrected chi connectivity index (χ2v) is 9.72. The van der Waals surface area contributed by atoms with Gasteiger partial charge in [0.1, 0.15) is 18.2 Å². The standard InChI is InChI=1S/C23H26FN5O4S/c1-13(18-4-2-3-6-33-18)26-22(32)14-9-28(10-14)21-17(24)8-16-19(31)15(12-30)11-29(20(16)27-21)23-25-5-7-34-23/h5,7-8,11-14,18-19,31H,2-4,6,9-10H2,1H3,(H,26,32). The van der Waals surface area contributed by atoms with Gasteiger partial charge in [-0.25, -0.2) is 14.4 Å². The number of hydrogen-bond acceptors (Lipinski definition) is 9. The molecule has 3 aliphatic heterocycles. The van der Waals surface area contributed by atoms with E-state index < -0.39 is 11.9 Å². The molecule has 0 bridgehead atoms. The van der Waals surface area contributed by atoms with E-state index in [4.69, 9.17) is 4.74 Å². The second-order valence-electron chi connectivity index (χ2n) is 8.84. The highest BCUT2D eigenvalue weighted by Gasteiger charge is 2.38. The summed E-state index contributed by atoms with van der Waals surface area (Å²) in [5.41, 5.74) is 0.283. The molecule has 0 radical (unpaired) electrons. The van der Waals surface area contributed by atoms with Gasteiger partial charge in [0.2, 0.25) is 5.91 Å². The summed E-state index contributed by atoms with van der Waals surface area (Å²) in [6.07, 6.45) is 5.46. The predicted molar refractivity (Wildman–Crippen MR) is 124 cm³/mol. The highest BCUT2D eigenvalue weighted by molar-refractivity contribution is 7.13. The molecule has 0 aromatic carbocycles. The molecule has 2 aromatic rings. The Morgan fingerprint density at radius 3 is 2.88 bits per heavy atom. The molecule has 9 nitrogen and oxygen atoms in total. The molecule has 3 aliphatic rings. The summed E-state index contributed by atoms with van der Waals surface area (Å²) in [6, 6.07) is 1.13. The maximum atomic E-state index is 15.0. The van der Waals surface area contributed by atoms with Gasteiger partial charge in [0.15, 0.2) is 16.8 Å². The van der Waals surface area contributed by atoms with Gasteiger partial charge in [0.25, 0.3) is 0 Å². The summed E-state index contributed by atoms with van der Waals surface area (Å²) in [5, 5.41) is 15.9. The molecule has 2 saturated heterocycles. The summed E-state index contributed by atoms with van der Waals surface area (Å²) in [4.78, 5) is 36.2. The number of aliphatic hydroxyl groups is 1. The lowest BCUT2D eigenvalue weighted by atomic mass is 9.96. The van der Waals surface area contributed by atoms with E-state index >= 15 is 4.39 Å². The van der Waals surface area contributed by atoms with Crippen LogP contribution >= 0.6 is 11.3 Å². The van der Waals surface area contributed by atoms with E-state index in [-0.39, 0.29) is 40.9 Å². The molecule has 5 heterocycles. The molecule has 34 heavy (non-hydrogen) atoms. The van der Waals surface area contributed by atoms with Gasteiger partial charge in [-0.1, -0.05) is 0 Å². The molecule has 2 N–H and O–H groups in total. The number of carbonyl (C=O) groups excluding carboxylic acids is 2. The molecule has 0 saturated carbocycles. The normalized spacial score (nSPS) is 23.6. The zero-order valence-corrected chi connectivity index (χ0v) is 19.5. The summed E-state index contributed by atoms with van der Waals surface area (Å²) >= 11 is 1.33. The Morgan fingerprint density at radius 2 is 2.21 bits per heavy atom. The van der Waals surface area contributed by atoms with Crippen LogP contribution in [0.1, 0.15) is 37.9 Å². The third-order valence-electron chi connectivity index (χ3n) is 6.54. The number of rotatable bonds is 6. The van der Waals surface area contributed by atoms with Gasteiger partial charge in [-0.05, 0) is 32.3 Å². The number of hydrogen-bond donors (Lipinski definition) is 2. The number of carbonyl (C=O) groups is 2. The number of anilines is 3.